The van der Waals surface area contributed by atoms with Crippen molar-refractivity contribution in [2.24, 2.45) is 5.10 Å². The number of aryl methyl sites for hydroxylation is 1. The van der Waals surface area contributed by atoms with E-state index in [1.165, 1.54) is 16.3 Å². The van der Waals surface area contributed by atoms with Gasteiger partial charge >= 0.3 is 0 Å². The Morgan fingerprint density at radius 3 is 2.38 bits per heavy atom. The number of benzene rings is 3. The van der Waals surface area contributed by atoms with Gasteiger partial charge in [-0.15, -0.1) is 11.3 Å². The van der Waals surface area contributed by atoms with E-state index < -0.39 is 0 Å². The highest BCUT2D eigenvalue weighted by Gasteiger charge is 2.32. The number of aromatic nitrogens is 1. The number of carbonyl (C=O) groups is 1. The predicted molar refractivity (Wildman–Crippen MR) is 162 cm³/mol. The van der Waals surface area contributed by atoms with Crippen molar-refractivity contribution < 1.29 is 4.79 Å². The molecule has 1 amide bonds. The third kappa shape index (κ3) is 4.62. The van der Waals surface area contributed by atoms with Crippen LogP contribution in [0.3, 0.4) is 0 Å². The molecule has 0 saturated carbocycles. The molecule has 9 heteroatoms. The Morgan fingerprint density at radius 2 is 1.67 bits per heavy atom. The van der Waals surface area contributed by atoms with Crippen LogP contribution in [0, 0.1) is 0 Å². The fourth-order valence-corrected chi connectivity index (χ4v) is 7.62. The molecule has 3 heterocycles. The third-order valence-electron chi connectivity index (χ3n) is 6.76. The highest BCUT2D eigenvalue weighted by molar-refractivity contribution is 8.08. The van der Waals surface area contributed by atoms with Crippen LogP contribution in [0.25, 0.3) is 10.6 Å². The second-order valence-corrected chi connectivity index (χ2v) is 11.7. The number of hydrogen-bond donors (Lipinski definition) is 0. The number of anilines is 2. The van der Waals surface area contributed by atoms with Gasteiger partial charge in [-0.1, -0.05) is 71.9 Å². The van der Waals surface area contributed by atoms with Crippen molar-refractivity contribution in [2.45, 2.75) is 31.7 Å². The zero-order valence-corrected chi connectivity index (χ0v) is 23.8. The van der Waals surface area contributed by atoms with E-state index in [-0.39, 0.29) is 11.5 Å². The van der Waals surface area contributed by atoms with E-state index in [4.69, 9.17) is 11.6 Å². The van der Waals surface area contributed by atoms with Crippen LogP contribution in [-0.4, -0.2) is 22.7 Å². The molecule has 196 valence electrons. The van der Waals surface area contributed by atoms with Crippen LogP contribution in [0.5, 0.6) is 0 Å². The normalized spacial score (nSPS) is 17.6. The van der Waals surface area contributed by atoms with Gasteiger partial charge in [0.25, 0.3) is 11.5 Å². The molecular weight excluding hydrogens is 548 g/mol. The fourth-order valence-electron chi connectivity index (χ4n) is 4.86. The number of rotatable bonds is 5. The Kier molecular flexibility index (Phi) is 6.93. The summed E-state index contributed by atoms with van der Waals surface area (Å²) in [5, 5.41) is 7.52. The molecule has 0 N–H and O–H groups in total. The average molecular weight is 573 g/mol. The highest BCUT2D eigenvalue weighted by Crippen LogP contribution is 2.47. The first-order chi connectivity index (χ1) is 19.0. The lowest BCUT2D eigenvalue weighted by Gasteiger charge is -2.17. The molecule has 6 nitrogen and oxygen atoms in total. The number of nitrogens with zero attached hydrogens (tertiary/aromatic N) is 4. The largest absolute Gasteiger partial charge is 0.334 e. The molecule has 0 saturated heterocycles. The van der Waals surface area contributed by atoms with E-state index in [9.17, 15) is 9.59 Å². The molecule has 0 unspecified atom stereocenters. The summed E-state index contributed by atoms with van der Waals surface area (Å²) in [5.74, 6) is -0.230. The molecule has 39 heavy (non-hydrogen) atoms. The summed E-state index contributed by atoms with van der Waals surface area (Å²) in [6.07, 6.45) is 0.666. The molecule has 6 rings (SSSR count). The second-order valence-electron chi connectivity index (χ2n) is 9.21. The number of hydrogen-bond acceptors (Lipinski definition) is 6. The van der Waals surface area contributed by atoms with E-state index in [0.29, 0.717) is 50.7 Å². The van der Waals surface area contributed by atoms with Crippen LogP contribution in [0.1, 0.15) is 19.4 Å². The van der Waals surface area contributed by atoms with Crippen molar-refractivity contribution in [2.75, 3.05) is 16.5 Å². The van der Waals surface area contributed by atoms with E-state index >= 15 is 0 Å². The van der Waals surface area contributed by atoms with Gasteiger partial charge in [-0.3, -0.25) is 14.2 Å². The smallest absolute Gasteiger partial charge is 0.283 e. The van der Waals surface area contributed by atoms with Crippen molar-refractivity contribution in [3.05, 3.63) is 109 Å². The van der Waals surface area contributed by atoms with E-state index in [0.717, 1.165) is 21.2 Å². The van der Waals surface area contributed by atoms with Crippen molar-refractivity contribution in [3.8, 4) is 0 Å². The Hall–Kier alpha value is -3.59. The summed E-state index contributed by atoms with van der Waals surface area (Å²) in [6, 6.07) is 25.2. The Morgan fingerprint density at radius 1 is 0.949 bits per heavy atom. The maximum Gasteiger partial charge on any atom is 0.283 e. The summed E-state index contributed by atoms with van der Waals surface area (Å²) in [7, 11) is 0. The summed E-state index contributed by atoms with van der Waals surface area (Å²) in [5.41, 5.74) is 3.77. The SMILES string of the molecule is CCN1/C(=c2/s/c(=C3/C(=O)N(c4ccccc4)N=C3C)n(CCc3ccccc3)c2=O)Sc2ccc(Cl)cc21. The minimum atomic E-state index is -0.230. The van der Waals surface area contributed by atoms with Crippen LogP contribution in [0.15, 0.2) is 93.7 Å². The Bertz CT molecular complexity index is 1800. The molecule has 0 radical (unpaired) electrons. The monoisotopic (exact) mass is 572 g/mol. The average Bonchev–Trinajstić information content (AvgIpc) is 3.57. The lowest BCUT2D eigenvalue weighted by Crippen LogP contribution is -2.36. The van der Waals surface area contributed by atoms with E-state index in [1.807, 2.05) is 73.7 Å². The number of hydrazone groups is 1. The van der Waals surface area contributed by atoms with Gasteiger partial charge in [0.1, 0.15) is 14.2 Å². The van der Waals surface area contributed by atoms with Gasteiger partial charge in [-0.2, -0.15) is 10.1 Å². The topological polar surface area (TPSA) is 57.9 Å². The summed E-state index contributed by atoms with van der Waals surface area (Å²) in [4.78, 5) is 31.0. The van der Waals surface area contributed by atoms with Crippen molar-refractivity contribution in [3.63, 3.8) is 0 Å². The molecule has 0 atom stereocenters. The maximum absolute atomic E-state index is 14.1. The van der Waals surface area contributed by atoms with Gasteiger partial charge in [0.2, 0.25) is 0 Å². The van der Waals surface area contributed by atoms with E-state index in [2.05, 4.69) is 29.1 Å². The molecule has 0 fully saturated rings. The zero-order chi connectivity index (χ0) is 27.1. The molecule has 1 aromatic heterocycles. The van der Waals surface area contributed by atoms with Crippen LogP contribution < -0.4 is 24.7 Å². The first-order valence-electron chi connectivity index (χ1n) is 12.7. The lowest BCUT2D eigenvalue weighted by molar-refractivity contribution is -0.112. The number of amides is 1. The second kappa shape index (κ2) is 10.5. The lowest BCUT2D eigenvalue weighted by atomic mass is 10.1. The van der Waals surface area contributed by atoms with Crippen molar-refractivity contribution in [1.82, 2.24) is 4.57 Å². The van der Waals surface area contributed by atoms with Crippen LogP contribution >= 0.6 is 34.7 Å². The summed E-state index contributed by atoms with van der Waals surface area (Å²) in [6.45, 7) is 5.02. The number of carbonyl (C=O) groups excluding carboxylic acids is 1. The van der Waals surface area contributed by atoms with Gasteiger partial charge in [0.05, 0.1) is 22.7 Å². The number of thiazole rings is 1. The molecule has 4 aromatic rings. The molecule has 0 aliphatic carbocycles. The number of fused-ring (bicyclic) bond motifs is 1. The zero-order valence-electron chi connectivity index (χ0n) is 21.4. The molecule has 0 bridgehead atoms. The highest BCUT2D eigenvalue weighted by atomic mass is 35.5. The van der Waals surface area contributed by atoms with Gasteiger partial charge < -0.3 is 4.90 Å². The first kappa shape index (κ1) is 25.7. The standard InChI is InChI=1S/C30H25ClN4O2S2/c1-3-33-23-18-21(31)14-15-24(23)38-30(33)26-28(37)34(17-16-20-10-6-4-7-11-20)29(39-26)25-19(2)32-35(27(25)36)22-12-8-5-9-13-22/h4-15,18H,3,16-17H2,1-2H3/b29-25+,30-26-. The number of para-hydroxylation sites is 1. The van der Waals surface area contributed by atoms with E-state index in [1.54, 1.807) is 16.3 Å². The molecule has 2 aliphatic heterocycles. The summed E-state index contributed by atoms with van der Waals surface area (Å²) >= 11 is 9.25. The van der Waals surface area contributed by atoms with Crippen LogP contribution in [0.4, 0.5) is 11.4 Å². The number of thioether (sulfide) groups is 1. The van der Waals surface area contributed by atoms with Gasteiger partial charge in [-0.25, -0.2) is 0 Å². The molecule has 0 spiro atoms. The predicted octanol–water partition coefficient (Wildman–Crippen LogP) is 5.08. The number of halogens is 1. The summed E-state index contributed by atoms with van der Waals surface area (Å²) < 4.78 is 3.00. The Labute approximate surface area is 239 Å². The van der Waals surface area contributed by atoms with Crippen molar-refractivity contribution >= 4 is 68.3 Å². The minimum absolute atomic E-state index is 0.1000. The molecular formula is C30H25ClN4O2S2. The Balaban J connectivity index is 1.55. The van der Waals surface area contributed by atoms with Gasteiger partial charge in [0, 0.05) is 23.0 Å². The quantitative estimate of drug-likeness (QED) is 0.335. The van der Waals surface area contributed by atoms with Gasteiger partial charge in [-0.05, 0) is 56.2 Å². The van der Waals surface area contributed by atoms with Crippen molar-refractivity contribution in [1.29, 1.82) is 0 Å². The molecule has 3 aromatic carbocycles. The molecule has 2 aliphatic rings. The van der Waals surface area contributed by atoms with Crippen LogP contribution in [-0.2, 0) is 17.8 Å². The minimum Gasteiger partial charge on any atom is -0.334 e. The fraction of sp³-hybridized carbons (Fsp3) is 0.167. The third-order valence-corrected chi connectivity index (χ3v) is 9.49. The van der Waals surface area contributed by atoms with Gasteiger partial charge in [0.15, 0.2) is 0 Å². The maximum atomic E-state index is 14.1. The first-order valence-corrected chi connectivity index (χ1v) is 14.7. The van der Waals surface area contributed by atoms with Crippen LogP contribution in [0.2, 0.25) is 5.02 Å².